The molecule has 1 aliphatic rings. The van der Waals surface area contributed by atoms with Gasteiger partial charge in [-0.15, -0.1) is 0 Å². The van der Waals surface area contributed by atoms with Crippen molar-refractivity contribution < 1.29 is 4.79 Å². The number of nitrogens with one attached hydrogen (secondary N) is 2. The molecule has 100 valence electrons. The van der Waals surface area contributed by atoms with Crippen LogP contribution in [0.25, 0.3) is 0 Å². The molecule has 0 bridgehead atoms. The van der Waals surface area contributed by atoms with Crippen LogP contribution < -0.4 is 16.4 Å². The first-order valence-corrected chi connectivity index (χ1v) is 6.99. The lowest BCUT2D eigenvalue weighted by molar-refractivity contribution is -0.121. The summed E-state index contributed by atoms with van der Waals surface area (Å²) in [4.78, 5) is 11.5. The molecule has 1 atom stereocenters. The maximum Gasteiger partial charge on any atom is 0.221 e. The zero-order chi connectivity index (χ0) is 12.5. The third-order valence-corrected chi connectivity index (χ3v) is 3.42. The molecule has 0 aromatic carbocycles. The summed E-state index contributed by atoms with van der Waals surface area (Å²) in [6.45, 7) is 3.17. The van der Waals surface area contributed by atoms with Gasteiger partial charge in [0.15, 0.2) is 0 Å². The highest BCUT2D eigenvalue weighted by Gasteiger charge is 2.18. The molecule has 1 unspecified atom stereocenters. The Morgan fingerprint density at radius 1 is 1.29 bits per heavy atom. The summed E-state index contributed by atoms with van der Waals surface area (Å²) < 4.78 is 0. The first-order chi connectivity index (χ1) is 8.26. The van der Waals surface area contributed by atoms with Gasteiger partial charge in [-0.25, -0.2) is 0 Å². The van der Waals surface area contributed by atoms with Crippen LogP contribution >= 0.6 is 0 Å². The molecule has 0 aromatic rings. The second kappa shape index (κ2) is 8.48. The Kier molecular flexibility index (Phi) is 7.21. The van der Waals surface area contributed by atoms with Crippen LogP contribution in [0, 0.1) is 0 Å². The third-order valence-electron chi connectivity index (χ3n) is 3.42. The smallest absolute Gasteiger partial charge is 0.221 e. The summed E-state index contributed by atoms with van der Waals surface area (Å²) >= 11 is 0. The predicted octanol–water partition coefficient (Wildman–Crippen LogP) is 1.15. The van der Waals surface area contributed by atoms with E-state index in [0.29, 0.717) is 25.6 Å². The zero-order valence-corrected chi connectivity index (χ0v) is 11.0. The molecule has 0 heterocycles. The summed E-state index contributed by atoms with van der Waals surface area (Å²) in [6.07, 6.45) is 8.26. The van der Waals surface area contributed by atoms with Gasteiger partial charge in [-0.2, -0.15) is 0 Å². The number of carbonyl (C=O) groups excluding carboxylic acids is 1. The normalized spacial score (nSPS) is 19.6. The molecule has 1 amide bonds. The highest BCUT2D eigenvalue weighted by Crippen LogP contribution is 2.17. The lowest BCUT2D eigenvalue weighted by atomic mass is 10.1. The van der Waals surface area contributed by atoms with E-state index in [9.17, 15) is 4.79 Å². The highest BCUT2D eigenvalue weighted by atomic mass is 16.1. The molecule has 4 nitrogen and oxygen atoms in total. The van der Waals surface area contributed by atoms with Crippen LogP contribution in [0.2, 0.25) is 0 Å². The first-order valence-electron chi connectivity index (χ1n) is 6.99. The van der Waals surface area contributed by atoms with Gasteiger partial charge >= 0.3 is 0 Å². The number of nitrogens with two attached hydrogens (primary N) is 1. The van der Waals surface area contributed by atoms with Gasteiger partial charge in [0.05, 0.1) is 0 Å². The van der Waals surface area contributed by atoms with Gasteiger partial charge < -0.3 is 16.4 Å². The molecular formula is C13H27N3O. The van der Waals surface area contributed by atoms with E-state index in [0.717, 1.165) is 0 Å². The molecule has 4 N–H and O–H groups in total. The lowest BCUT2D eigenvalue weighted by Crippen LogP contribution is -2.45. The lowest BCUT2D eigenvalue weighted by Gasteiger charge is -2.23. The standard InChI is InChI=1S/C13H27N3O/c1-2-15-13(17)9-12(10-14)16-11-7-5-3-4-6-8-11/h11-12,16H,2-10,14H2,1H3,(H,15,17). The average Bonchev–Trinajstić information content (AvgIpc) is 2.57. The fraction of sp³-hybridized carbons (Fsp3) is 0.923. The van der Waals surface area contributed by atoms with Crippen molar-refractivity contribution >= 4 is 5.91 Å². The number of rotatable bonds is 6. The average molecular weight is 241 g/mol. The molecule has 1 rings (SSSR count). The van der Waals surface area contributed by atoms with E-state index in [2.05, 4.69) is 10.6 Å². The minimum absolute atomic E-state index is 0.101. The van der Waals surface area contributed by atoms with Gasteiger partial charge in [-0.3, -0.25) is 4.79 Å². The van der Waals surface area contributed by atoms with E-state index >= 15 is 0 Å². The van der Waals surface area contributed by atoms with Gasteiger partial charge in [-0.05, 0) is 19.8 Å². The molecule has 1 fully saturated rings. The molecular weight excluding hydrogens is 214 g/mol. The van der Waals surface area contributed by atoms with Crippen molar-refractivity contribution in [3.8, 4) is 0 Å². The van der Waals surface area contributed by atoms with Gasteiger partial charge in [0.2, 0.25) is 5.91 Å². The third kappa shape index (κ3) is 6.03. The summed E-state index contributed by atoms with van der Waals surface area (Å²) in [5.41, 5.74) is 5.73. The van der Waals surface area contributed by atoms with E-state index in [1.165, 1.54) is 38.5 Å². The van der Waals surface area contributed by atoms with Crippen LogP contribution in [0.1, 0.15) is 51.9 Å². The van der Waals surface area contributed by atoms with Crippen LogP contribution in [0.15, 0.2) is 0 Å². The molecule has 4 heteroatoms. The van der Waals surface area contributed by atoms with Crippen molar-refractivity contribution in [2.75, 3.05) is 13.1 Å². The maximum absolute atomic E-state index is 11.5. The van der Waals surface area contributed by atoms with Crippen LogP contribution in [0.4, 0.5) is 0 Å². The minimum atomic E-state index is 0.101. The quantitative estimate of drug-likeness (QED) is 0.611. The summed E-state index contributed by atoms with van der Waals surface area (Å²) in [6, 6.07) is 0.685. The van der Waals surface area contributed by atoms with Crippen LogP contribution in [-0.4, -0.2) is 31.1 Å². The van der Waals surface area contributed by atoms with E-state index in [1.807, 2.05) is 6.92 Å². The maximum atomic E-state index is 11.5. The molecule has 1 saturated carbocycles. The van der Waals surface area contributed by atoms with E-state index < -0.39 is 0 Å². The second-order valence-electron chi connectivity index (χ2n) is 4.95. The topological polar surface area (TPSA) is 67.2 Å². The van der Waals surface area contributed by atoms with Crippen molar-refractivity contribution in [3.05, 3.63) is 0 Å². The van der Waals surface area contributed by atoms with Crippen molar-refractivity contribution in [3.63, 3.8) is 0 Å². The predicted molar refractivity (Wildman–Crippen MR) is 70.8 cm³/mol. The summed E-state index contributed by atoms with van der Waals surface area (Å²) in [5.74, 6) is 0.101. The molecule has 1 aliphatic carbocycles. The number of carbonyl (C=O) groups is 1. The zero-order valence-electron chi connectivity index (χ0n) is 11.0. The highest BCUT2D eigenvalue weighted by molar-refractivity contribution is 5.76. The monoisotopic (exact) mass is 241 g/mol. The molecule has 0 saturated heterocycles. The Balaban J connectivity index is 2.31. The number of hydrogen-bond donors (Lipinski definition) is 3. The summed E-state index contributed by atoms with van der Waals surface area (Å²) in [7, 11) is 0. The van der Waals surface area contributed by atoms with Gasteiger partial charge in [0.25, 0.3) is 0 Å². The Morgan fingerprint density at radius 3 is 2.47 bits per heavy atom. The van der Waals surface area contributed by atoms with Crippen LogP contribution in [0.5, 0.6) is 0 Å². The van der Waals surface area contributed by atoms with Crippen molar-refractivity contribution in [1.29, 1.82) is 0 Å². The largest absolute Gasteiger partial charge is 0.356 e. The second-order valence-corrected chi connectivity index (χ2v) is 4.95. The molecule has 0 radical (unpaired) electrons. The fourth-order valence-corrected chi connectivity index (χ4v) is 2.48. The SMILES string of the molecule is CCNC(=O)CC(CN)NC1CCCCCC1. The molecule has 0 aliphatic heterocycles. The Bertz CT molecular complexity index is 213. The first kappa shape index (κ1) is 14.5. The van der Waals surface area contributed by atoms with E-state index in [4.69, 9.17) is 5.73 Å². The van der Waals surface area contributed by atoms with Crippen LogP contribution in [-0.2, 0) is 4.79 Å². The number of hydrogen-bond acceptors (Lipinski definition) is 3. The van der Waals surface area contributed by atoms with Gasteiger partial charge in [0, 0.05) is 31.6 Å². The fourth-order valence-electron chi connectivity index (χ4n) is 2.48. The number of amides is 1. The minimum Gasteiger partial charge on any atom is -0.356 e. The molecule has 0 spiro atoms. The van der Waals surface area contributed by atoms with Crippen molar-refractivity contribution in [2.45, 2.75) is 64.0 Å². The van der Waals surface area contributed by atoms with Crippen molar-refractivity contribution in [1.82, 2.24) is 10.6 Å². The van der Waals surface area contributed by atoms with Gasteiger partial charge in [-0.1, -0.05) is 25.7 Å². The van der Waals surface area contributed by atoms with E-state index in [1.54, 1.807) is 0 Å². The summed E-state index contributed by atoms with van der Waals surface area (Å²) in [5, 5.41) is 6.37. The van der Waals surface area contributed by atoms with E-state index in [-0.39, 0.29) is 11.9 Å². The van der Waals surface area contributed by atoms with Gasteiger partial charge in [0.1, 0.15) is 0 Å². The van der Waals surface area contributed by atoms with Crippen molar-refractivity contribution in [2.24, 2.45) is 5.73 Å². The van der Waals surface area contributed by atoms with Crippen LogP contribution in [0.3, 0.4) is 0 Å². The Hall–Kier alpha value is -0.610. The molecule has 17 heavy (non-hydrogen) atoms. The Morgan fingerprint density at radius 2 is 1.94 bits per heavy atom. The Labute approximate surface area is 105 Å². The molecule has 0 aromatic heterocycles.